The monoisotopic (exact) mass is 512 g/mol. The molecule has 0 aliphatic rings. The highest BCUT2D eigenvalue weighted by Crippen LogP contribution is 2.28. The number of anilines is 2. The second-order valence-electron chi connectivity index (χ2n) is 6.74. The summed E-state index contributed by atoms with van der Waals surface area (Å²) in [5.74, 6) is 2.91. The van der Waals surface area contributed by atoms with Crippen molar-refractivity contribution in [2.75, 3.05) is 16.6 Å². The molecule has 12 heteroatoms. The molecule has 2 aromatic carbocycles. The molecule has 0 aliphatic heterocycles. The standard InChI is InChI=1S/C21H16Cl2F2N4O3S/c1-12(11-30)28-21-26-9-13(10-27-21)2-4-15-17(24)6-7-18(20(15)25)29-33(31,32)19-8-14(22)3-5-16(19)23/h3,5-10,12,29-30H,11H2,1H3,(H,26,27,28)/t12-/m1/s1. The quantitative estimate of drug-likeness (QED) is 0.430. The highest BCUT2D eigenvalue weighted by Gasteiger charge is 2.22. The molecule has 0 fully saturated rings. The zero-order chi connectivity index (χ0) is 24.2. The van der Waals surface area contributed by atoms with Crippen molar-refractivity contribution in [2.24, 2.45) is 0 Å². The Morgan fingerprint density at radius 1 is 1.12 bits per heavy atom. The third-order valence-electron chi connectivity index (χ3n) is 4.15. The number of hydrogen-bond acceptors (Lipinski definition) is 6. The lowest BCUT2D eigenvalue weighted by Gasteiger charge is -2.11. The second kappa shape index (κ2) is 10.3. The highest BCUT2D eigenvalue weighted by atomic mass is 35.5. The molecule has 0 amide bonds. The number of sulfonamides is 1. The Morgan fingerprint density at radius 3 is 2.48 bits per heavy atom. The Morgan fingerprint density at radius 2 is 1.82 bits per heavy atom. The van der Waals surface area contributed by atoms with Crippen molar-refractivity contribution in [2.45, 2.75) is 17.9 Å². The molecule has 0 saturated heterocycles. The van der Waals surface area contributed by atoms with Gasteiger partial charge in [0.05, 0.1) is 28.4 Å². The third-order valence-corrected chi connectivity index (χ3v) is 6.23. The molecule has 172 valence electrons. The number of aliphatic hydroxyl groups is 1. The Kier molecular flexibility index (Phi) is 7.71. The Hall–Kier alpha value is -2.97. The lowest BCUT2D eigenvalue weighted by Crippen LogP contribution is -2.20. The summed E-state index contributed by atoms with van der Waals surface area (Å²) in [5, 5.41) is 11.9. The van der Waals surface area contributed by atoms with Crippen LogP contribution in [0.15, 0.2) is 47.6 Å². The SMILES string of the molecule is C[C@H](CO)Nc1ncc(C#Cc2c(F)ccc(NS(=O)(=O)c3cc(Cl)ccc3Cl)c2F)cn1. The van der Waals surface area contributed by atoms with Crippen molar-refractivity contribution in [1.82, 2.24) is 9.97 Å². The predicted octanol–water partition coefficient (Wildman–Crippen LogP) is 4.05. The van der Waals surface area contributed by atoms with Crippen LogP contribution in [0.2, 0.25) is 10.0 Å². The van der Waals surface area contributed by atoms with Crippen LogP contribution in [0.4, 0.5) is 20.4 Å². The zero-order valence-electron chi connectivity index (χ0n) is 16.9. The number of rotatable bonds is 6. The average molecular weight is 513 g/mol. The molecule has 7 nitrogen and oxygen atoms in total. The topological polar surface area (TPSA) is 104 Å². The minimum absolute atomic E-state index is 0.111. The molecule has 0 aliphatic carbocycles. The van der Waals surface area contributed by atoms with Crippen LogP contribution in [-0.2, 0) is 10.0 Å². The van der Waals surface area contributed by atoms with Crippen molar-refractivity contribution in [3.63, 3.8) is 0 Å². The minimum Gasteiger partial charge on any atom is -0.394 e. The van der Waals surface area contributed by atoms with E-state index in [2.05, 4.69) is 27.1 Å². The van der Waals surface area contributed by atoms with Crippen LogP contribution in [0.3, 0.4) is 0 Å². The van der Waals surface area contributed by atoms with Gasteiger partial charge in [-0.05, 0) is 37.3 Å². The van der Waals surface area contributed by atoms with E-state index in [1.54, 1.807) is 6.92 Å². The molecule has 33 heavy (non-hydrogen) atoms. The van der Waals surface area contributed by atoms with Gasteiger partial charge in [-0.25, -0.2) is 27.2 Å². The summed E-state index contributed by atoms with van der Waals surface area (Å²) in [6.45, 7) is 1.61. The Balaban J connectivity index is 1.89. The molecule has 0 saturated carbocycles. The summed E-state index contributed by atoms with van der Waals surface area (Å²) in [4.78, 5) is 7.63. The summed E-state index contributed by atoms with van der Waals surface area (Å²) >= 11 is 11.8. The number of nitrogens with zero attached hydrogens (tertiary/aromatic N) is 2. The fourth-order valence-electron chi connectivity index (χ4n) is 2.50. The maximum absolute atomic E-state index is 14.9. The molecular formula is C21H16Cl2F2N4O3S. The van der Waals surface area contributed by atoms with Crippen molar-refractivity contribution < 1.29 is 22.3 Å². The van der Waals surface area contributed by atoms with Crippen molar-refractivity contribution in [3.8, 4) is 11.8 Å². The molecule has 3 N–H and O–H groups in total. The van der Waals surface area contributed by atoms with Crippen LogP contribution in [-0.4, -0.2) is 36.1 Å². The molecule has 0 radical (unpaired) electrons. The first-order valence-corrected chi connectivity index (χ1v) is 11.5. The fraction of sp³-hybridized carbons (Fsp3) is 0.143. The van der Waals surface area contributed by atoms with Crippen LogP contribution in [0.5, 0.6) is 0 Å². The van der Waals surface area contributed by atoms with Gasteiger partial charge in [0.1, 0.15) is 10.7 Å². The molecule has 3 rings (SSSR count). The van der Waals surface area contributed by atoms with Gasteiger partial charge in [0.25, 0.3) is 10.0 Å². The van der Waals surface area contributed by atoms with Gasteiger partial charge in [-0.2, -0.15) is 0 Å². The second-order valence-corrected chi connectivity index (χ2v) is 9.23. The zero-order valence-corrected chi connectivity index (χ0v) is 19.2. The van der Waals surface area contributed by atoms with E-state index in [0.29, 0.717) is 0 Å². The van der Waals surface area contributed by atoms with Gasteiger partial charge >= 0.3 is 0 Å². The highest BCUT2D eigenvalue weighted by molar-refractivity contribution is 7.92. The van der Waals surface area contributed by atoms with Crippen LogP contribution < -0.4 is 10.0 Å². The lowest BCUT2D eigenvalue weighted by atomic mass is 10.1. The fourth-order valence-corrected chi connectivity index (χ4v) is 4.32. The number of nitrogens with one attached hydrogen (secondary N) is 2. The smallest absolute Gasteiger partial charge is 0.263 e. The Labute approximate surface area is 198 Å². The molecule has 1 atom stereocenters. The average Bonchev–Trinajstić information content (AvgIpc) is 2.78. The van der Waals surface area contributed by atoms with E-state index >= 15 is 0 Å². The van der Waals surface area contributed by atoms with Crippen molar-refractivity contribution >= 4 is 44.9 Å². The van der Waals surface area contributed by atoms with Crippen molar-refractivity contribution in [1.29, 1.82) is 0 Å². The van der Waals surface area contributed by atoms with E-state index in [1.165, 1.54) is 24.5 Å². The van der Waals surface area contributed by atoms with Gasteiger partial charge < -0.3 is 10.4 Å². The predicted molar refractivity (Wildman–Crippen MR) is 122 cm³/mol. The van der Waals surface area contributed by atoms with E-state index < -0.39 is 32.9 Å². The molecular weight excluding hydrogens is 497 g/mol. The normalized spacial score (nSPS) is 11.9. The molecule has 1 aromatic heterocycles. The van der Waals surface area contributed by atoms with Gasteiger partial charge in [-0.1, -0.05) is 35.0 Å². The van der Waals surface area contributed by atoms with Gasteiger partial charge in [0.2, 0.25) is 5.95 Å². The van der Waals surface area contributed by atoms with Gasteiger partial charge in [-0.3, -0.25) is 4.72 Å². The lowest BCUT2D eigenvalue weighted by molar-refractivity contribution is 0.281. The molecule has 0 spiro atoms. The van der Waals surface area contributed by atoms with Gasteiger partial charge in [-0.15, -0.1) is 0 Å². The molecule has 0 bridgehead atoms. The number of aromatic nitrogens is 2. The van der Waals surface area contributed by atoms with Crippen molar-refractivity contribution in [3.05, 3.63) is 75.5 Å². The first kappa shape index (κ1) is 24.7. The number of aliphatic hydroxyl groups excluding tert-OH is 1. The summed E-state index contributed by atoms with van der Waals surface area (Å²) < 4.78 is 56.5. The molecule has 0 unspecified atom stereocenters. The first-order chi connectivity index (χ1) is 15.6. The summed E-state index contributed by atoms with van der Waals surface area (Å²) in [6, 6.07) is 5.33. The first-order valence-electron chi connectivity index (χ1n) is 9.28. The van der Waals surface area contributed by atoms with E-state index in [4.69, 9.17) is 28.3 Å². The maximum Gasteiger partial charge on any atom is 0.263 e. The van der Waals surface area contributed by atoms with Crippen LogP contribution >= 0.6 is 23.2 Å². The number of hydrogen-bond donors (Lipinski definition) is 3. The number of halogens is 4. The van der Waals surface area contributed by atoms with Gasteiger partial charge in [0.15, 0.2) is 5.82 Å². The van der Waals surface area contributed by atoms with E-state index in [0.717, 1.165) is 18.2 Å². The number of benzene rings is 2. The van der Waals surface area contributed by atoms with E-state index in [9.17, 15) is 17.2 Å². The van der Waals surface area contributed by atoms with Gasteiger partial charge in [0, 0.05) is 23.5 Å². The largest absolute Gasteiger partial charge is 0.394 e. The van der Waals surface area contributed by atoms with E-state index in [-0.39, 0.29) is 39.1 Å². The minimum atomic E-state index is -4.32. The summed E-state index contributed by atoms with van der Waals surface area (Å²) in [6.07, 6.45) is 2.66. The van der Waals surface area contributed by atoms with Crippen LogP contribution in [0.1, 0.15) is 18.1 Å². The maximum atomic E-state index is 14.9. The molecule has 3 aromatic rings. The molecule has 1 heterocycles. The third kappa shape index (κ3) is 6.09. The Bertz CT molecular complexity index is 1340. The van der Waals surface area contributed by atoms with Crippen LogP contribution in [0, 0.1) is 23.5 Å². The summed E-state index contributed by atoms with van der Waals surface area (Å²) in [5.41, 5.74) is -0.915. The van der Waals surface area contributed by atoms with E-state index in [1.807, 2.05) is 4.72 Å². The van der Waals surface area contributed by atoms with Crippen LogP contribution in [0.25, 0.3) is 0 Å². The summed E-state index contributed by atoms with van der Waals surface area (Å²) in [7, 11) is -4.32.